The number of hydrogen-bond donors (Lipinski definition) is 2. The van der Waals surface area contributed by atoms with E-state index < -0.39 is 7.60 Å². The van der Waals surface area contributed by atoms with Crippen LogP contribution in [-0.2, 0) is 4.57 Å². The molecule has 0 saturated heterocycles. The molecule has 0 heterocycles. The van der Waals surface area contributed by atoms with Crippen LogP contribution in [0.2, 0.25) is 0 Å². The topological polar surface area (TPSA) is 57.5 Å². The molecule has 1 aliphatic carbocycles. The van der Waals surface area contributed by atoms with E-state index in [1.165, 1.54) is 0 Å². The molecule has 1 fully saturated rings. The third-order valence-electron chi connectivity index (χ3n) is 1.50. The molecular weight excluding hydrogens is 127 g/mol. The quantitative estimate of drug-likeness (QED) is 0.518. The Kier molecular flexibility index (Phi) is 1.23. The fraction of sp³-hybridized carbons (Fsp3) is 1.00. The Labute approximate surface area is 47.9 Å². The Morgan fingerprint density at radius 3 is 2.00 bits per heavy atom. The first kappa shape index (κ1) is 6.27. The molecule has 0 aromatic rings. The minimum Gasteiger partial charge on any atom is -0.324 e. The van der Waals surface area contributed by atoms with E-state index in [1.54, 1.807) is 0 Å². The van der Waals surface area contributed by atoms with Gasteiger partial charge in [-0.2, -0.15) is 0 Å². The van der Waals surface area contributed by atoms with Gasteiger partial charge < -0.3 is 9.79 Å². The second kappa shape index (κ2) is 1.56. The standard InChI is InChI=1S/C4H9O3P/c1-3-2-4(3)8(5,6)7/h3-4H,2H2,1H3,(H2,5,6,7)/t3-,4-/m0/s1. The molecule has 0 aliphatic heterocycles. The van der Waals surface area contributed by atoms with E-state index >= 15 is 0 Å². The average molecular weight is 136 g/mol. The Hall–Kier alpha value is 0.150. The summed E-state index contributed by atoms with van der Waals surface area (Å²) in [4.78, 5) is 16.9. The first-order valence-electron chi connectivity index (χ1n) is 2.57. The van der Waals surface area contributed by atoms with E-state index in [-0.39, 0.29) is 11.6 Å². The summed E-state index contributed by atoms with van der Waals surface area (Å²) in [7, 11) is -3.68. The molecule has 0 radical (unpaired) electrons. The van der Waals surface area contributed by atoms with Gasteiger partial charge in [0.2, 0.25) is 0 Å². The van der Waals surface area contributed by atoms with Crippen LogP contribution in [0.5, 0.6) is 0 Å². The van der Waals surface area contributed by atoms with Crippen LogP contribution in [0.3, 0.4) is 0 Å². The van der Waals surface area contributed by atoms with E-state index in [1.807, 2.05) is 6.92 Å². The molecule has 1 saturated carbocycles. The van der Waals surface area contributed by atoms with Crippen molar-refractivity contribution in [1.82, 2.24) is 0 Å². The van der Waals surface area contributed by atoms with Crippen LogP contribution in [-0.4, -0.2) is 15.4 Å². The SMILES string of the molecule is C[C@H]1C[C@@H]1P(=O)(O)O. The zero-order valence-corrected chi connectivity index (χ0v) is 5.51. The molecule has 2 atom stereocenters. The monoisotopic (exact) mass is 136 g/mol. The van der Waals surface area contributed by atoms with Crippen LogP contribution < -0.4 is 0 Å². The van der Waals surface area contributed by atoms with Gasteiger partial charge in [-0.15, -0.1) is 0 Å². The Morgan fingerprint density at radius 2 is 2.00 bits per heavy atom. The summed E-state index contributed by atoms with van der Waals surface area (Å²) < 4.78 is 10.3. The van der Waals surface area contributed by atoms with E-state index in [4.69, 9.17) is 9.79 Å². The first-order chi connectivity index (χ1) is 3.52. The van der Waals surface area contributed by atoms with Crippen LogP contribution in [0.4, 0.5) is 0 Å². The number of hydrogen-bond acceptors (Lipinski definition) is 1. The Morgan fingerprint density at radius 1 is 1.62 bits per heavy atom. The van der Waals surface area contributed by atoms with Crippen molar-refractivity contribution in [3.8, 4) is 0 Å². The summed E-state index contributed by atoms with van der Waals surface area (Å²) in [6, 6.07) is 0. The van der Waals surface area contributed by atoms with Crippen molar-refractivity contribution in [2.24, 2.45) is 5.92 Å². The van der Waals surface area contributed by atoms with Crippen molar-refractivity contribution < 1.29 is 14.4 Å². The largest absolute Gasteiger partial charge is 0.328 e. The third-order valence-corrected chi connectivity index (χ3v) is 3.08. The van der Waals surface area contributed by atoms with Gasteiger partial charge in [0.25, 0.3) is 0 Å². The highest BCUT2D eigenvalue weighted by molar-refractivity contribution is 7.53. The van der Waals surface area contributed by atoms with E-state index in [0.717, 1.165) is 0 Å². The molecule has 0 bridgehead atoms. The van der Waals surface area contributed by atoms with Crippen molar-refractivity contribution in [1.29, 1.82) is 0 Å². The van der Waals surface area contributed by atoms with Crippen LogP contribution in [0.1, 0.15) is 13.3 Å². The second-order valence-electron chi connectivity index (χ2n) is 2.37. The lowest BCUT2D eigenvalue weighted by molar-refractivity contribution is 0.369. The maximum atomic E-state index is 10.3. The van der Waals surface area contributed by atoms with Crippen molar-refractivity contribution in [2.75, 3.05) is 0 Å². The van der Waals surface area contributed by atoms with Gasteiger partial charge in [-0.05, 0) is 12.3 Å². The molecule has 8 heavy (non-hydrogen) atoms. The molecule has 0 unspecified atom stereocenters. The van der Waals surface area contributed by atoms with Gasteiger partial charge in [-0.1, -0.05) is 6.92 Å². The minimum absolute atomic E-state index is 0.246. The molecule has 4 heteroatoms. The molecule has 0 spiro atoms. The maximum Gasteiger partial charge on any atom is 0.328 e. The molecule has 48 valence electrons. The van der Waals surface area contributed by atoms with Gasteiger partial charge in [0, 0.05) is 0 Å². The van der Waals surface area contributed by atoms with Gasteiger partial charge >= 0.3 is 7.60 Å². The van der Waals surface area contributed by atoms with Crippen LogP contribution >= 0.6 is 7.60 Å². The summed E-state index contributed by atoms with van der Waals surface area (Å²) in [6.07, 6.45) is 0.699. The van der Waals surface area contributed by atoms with Gasteiger partial charge in [-0.25, -0.2) is 0 Å². The zero-order chi connectivity index (χ0) is 6.36. The molecular formula is C4H9O3P. The second-order valence-corrected chi connectivity index (χ2v) is 4.21. The summed E-state index contributed by atoms with van der Waals surface area (Å²) in [6.45, 7) is 1.85. The Bertz CT molecular complexity index is 138. The predicted octanol–water partition coefficient (Wildman–Crippen LogP) is 0.572. The smallest absolute Gasteiger partial charge is 0.324 e. The lowest BCUT2D eigenvalue weighted by atomic mass is 10.5. The normalized spacial score (nSPS) is 37.4. The highest BCUT2D eigenvalue weighted by Crippen LogP contribution is 2.57. The molecule has 1 rings (SSSR count). The molecule has 0 aromatic carbocycles. The fourth-order valence-corrected chi connectivity index (χ4v) is 2.04. The molecule has 2 N–H and O–H groups in total. The zero-order valence-electron chi connectivity index (χ0n) is 4.61. The minimum atomic E-state index is -3.68. The predicted molar refractivity (Wildman–Crippen MR) is 29.6 cm³/mol. The molecule has 0 amide bonds. The molecule has 1 aliphatic rings. The van der Waals surface area contributed by atoms with Crippen molar-refractivity contribution in [2.45, 2.75) is 19.0 Å². The van der Waals surface area contributed by atoms with Crippen LogP contribution in [0.15, 0.2) is 0 Å². The van der Waals surface area contributed by atoms with Gasteiger partial charge in [0.05, 0.1) is 5.66 Å². The van der Waals surface area contributed by atoms with Gasteiger partial charge in [-0.3, -0.25) is 4.57 Å². The lowest BCUT2D eigenvalue weighted by Gasteiger charge is -1.97. The molecule has 0 aromatic heterocycles. The van der Waals surface area contributed by atoms with Crippen molar-refractivity contribution in [3.05, 3.63) is 0 Å². The highest BCUT2D eigenvalue weighted by Gasteiger charge is 2.46. The average Bonchev–Trinajstić information content (AvgIpc) is 2.13. The lowest BCUT2D eigenvalue weighted by Crippen LogP contribution is -1.86. The van der Waals surface area contributed by atoms with Gasteiger partial charge in [0.15, 0.2) is 0 Å². The van der Waals surface area contributed by atoms with Crippen LogP contribution in [0, 0.1) is 5.92 Å². The summed E-state index contributed by atoms with van der Waals surface area (Å²) in [5.74, 6) is 0.246. The van der Waals surface area contributed by atoms with Crippen molar-refractivity contribution in [3.63, 3.8) is 0 Å². The van der Waals surface area contributed by atoms with E-state index in [0.29, 0.717) is 6.42 Å². The molecule has 3 nitrogen and oxygen atoms in total. The summed E-state index contributed by atoms with van der Waals surface area (Å²) in [5, 5.41) is 0. The van der Waals surface area contributed by atoms with E-state index in [9.17, 15) is 4.57 Å². The first-order valence-corrected chi connectivity index (χ1v) is 4.25. The highest BCUT2D eigenvalue weighted by atomic mass is 31.2. The number of rotatable bonds is 1. The maximum absolute atomic E-state index is 10.3. The third kappa shape index (κ3) is 1.10. The summed E-state index contributed by atoms with van der Waals surface area (Å²) >= 11 is 0. The van der Waals surface area contributed by atoms with Gasteiger partial charge in [0.1, 0.15) is 0 Å². The Balaban J connectivity index is 2.52. The van der Waals surface area contributed by atoms with E-state index in [2.05, 4.69) is 0 Å². The summed E-state index contributed by atoms with van der Waals surface area (Å²) in [5.41, 5.74) is -0.317. The van der Waals surface area contributed by atoms with Crippen molar-refractivity contribution >= 4 is 7.60 Å². The van der Waals surface area contributed by atoms with Crippen LogP contribution in [0.25, 0.3) is 0 Å². The fourth-order valence-electron chi connectivity index (χ4n) is 0.771.